The van der Waals surface area contributed by atoms with E-state index in [9.17, 15) is 0 Å². The standard InChI is InChI=1S/C61H55N/c1-59(2)37-38-60(3,4)58-54(59)36-35-49(43-22-9-5-10-23-43)57(58)52-40-51-50-31-19-20-32-53(50)61(45-25-11-6-12-26-45,46-27-13-7-14-28-46)55(51)41-56(52)62(47-29-15-8-16-30-47)48-34-33-42-21-17-18-24-44(42)39-48/h5-16,19-20,22-23,25-36,39-41H,17-18,21,24,37-38H2,1-4H3. The molecule has 0 saturated carbocycles. The molecule has 0 aliphatic heterocycles. The number of hydrogen-bond acceptors (Lipinski definition) is 1. The van der Waals surface area contributed by atoms with Gasteiger partial charge in [-0.2, -0.15) is 0 Å². The van der Waals surface area contributed by atoms with Gasteiger partial charge in [-0.25, -0.2) is 0 Å². The zero-order chi connectivity index (χ0) is 42.1. The lowest BCUT2D eigenvalue weighted by Crippen LogP contribution is -2.34. The zero-order valence-corrected chi connectivity index (χ0v) is 36.6. The van der Waals surface area contributed by atoms with Crippen molar-refractivity contribution >= 4 is 17.1 Å². The Morgan fingerprint density at radius 1 is 0.403 bits per heavy atom. The second kappa shape index (κ2) is 14.9. The van der Waals surface area contributed by atoms with Gasteiger partial charge >= 0.3 is 0 Å². The number of rotatable bonds is 7. The third-order valence-electron chi connectivity index (χ3n) is 14.8. The molecule has 0 atom stereocenters. The molecule has 0 unspecified atom stereocenters. The second-order valence-electron chi connectivity index (χ2n) is 19.3. The molecule has 0 heterocycles. The van der Waals surface area contributed by atoms with Crippen LogP contribution < -0.4 is 4.90 Å². The molecule has 1 nitrogen and oxygen atoms in total. The van der Waals surface area contributed by atoms with Crippen LogP contribution in [0.3, 0.4) is 0 Å². The molecule has 0 aromatic heterocycles. The molecule has 8 aromatic rings. The van der Waals surface area contributed by atoms with Gasteiger partial charge in [0.25, 0.3) is 0 Å². The molecule has 0 fully saturated rings. The van der Waals surface area contributed by atoms with Gasteiger partial charge in [0.15, 0.2) is 0 Å². The summed E-state index contributed by atoms with van der Waals surface area (Å²) in [5.41, 5.74) is 21.9. The van der Waals surface area contributed by atoms with Crippen molar-refractivity contribution < 1.29 is 0 Å². The van der Waals surface area contributed by atoms with Crippen LogP contribution in [0.2, 0.25) is 0 Å². The molecule has 0 bridgehead atoms. The van der Waals surface area contributed by atoms with E-state index in [-0.39, 0.29) is 10.8 Å². The Kier molecular flexibility index (Phi) is 9.24. The third-order valence-corrected chi connectivity index (χ3v) is 14.8. The first kappa shape index (κ1) is 38.5. The van der Waals surface area contributed by atoms with Crippen LogP contribution in [-0.4, -0.2) is 0 Å². The Balaban J connectivity index is 1.34. The molecule has 0 N–H and O–H groups in total. The molecule has 11 rings (SSSR count). The maximum absolute atomic E-state index is 2.62. The summed E-state index contributed by atoms with van der Waals surface area (Å²) in [5, 5.41) is 0. The van der Waals surface area contributed by atoms with E-state index < -0.39 is 5.41 Å². The highest BCUT2D eigenvalue weighted by molar-refractivity contribution is 6.01. The Hall–Kier alpha value is -6.44. The van der Waals surface area contributed by atoms with Gasteiger partial charge in [0.2, 0.25) is 0 Å². The molecule has 304 valence electrons. The van der Waals surface area contributed by atoms with Crippen LogP contribution in [-0.2, 0) is 29.1 Å². The summed E-state index contributed by atoms with van der Waals surface area (Å²) in [4.78, 5) is 2.60. The Labute approximate surface area is 368 Å². The average molecular weight is 802 g/mol. The van der Waals surface area contributed by atoms with E-state index in [1.54, 1.807) is 0 Å². The molecular formula is C61H55N. The highest BCUT2D eigenvalue weighted by atomic mass is 15.1. The van der Waals surface area contributed by atoms with Crippen LogP contribution >= 0.6 is 0 Å². The number of fused-ring (bicyclic) bond motifs is 5. The third kappa shape index (κ3) is 6.04. The fourth-order valence-electron chi connectivity index (χ4n) is 11.6. The van der Waals surface area contributed by atoms with Crippen molar-refractivity contribution in [1.29, 1.82) is 0 Å². The maximum Gasteiger partial charge on any atom is 0.0714 e. The topological polar surface area (TPSA) is 3.24 Å². The number of hydrogen-bond donors (Lipinski definition) is 0. The van der Waals surface area contributed by atoms with E-state index >= 15 is 0 Å². The summed E-state index contributed by atoms with van der Waals surface area (Å²) in [7, 11) is 0. The molecule has 8 aromatic carbocycles. The van der Waals surface area contributed by atoms with Gasteiger partial charge in [-0.3, -0.25) is 0 Å². The van der Waals surface area contributed by atoms with E-state index in [2.05, 4.69) is 221 Å². The fraction of sp³-hybridized carbons (Fsp3) is 0.213. The lowest BCUT2D eigenvalue weighted by atomic mass is 9.60. The van der Waals surface area contributed by atoms with E-state index in [0.29, 0.717) is 0 Å². The molecule has 0 radical (unpaired) electrons. The molecular weight excluding hydrogens is 747 g/mol. The van der Waals surface area contributed by atoms with Crippen molar-refractivity contribution in [2.45, 2.75) is 82.5 Å². The van der Waals surface area contributed by atoms with Gasteiger partial charge in [-0.1, -0.05) is 179 Å². The summed E-state index contributed by atoms with van der Waals surface area (Å²) in [6.45, 7) is 9.92. The first-order valence-electron chi connectivity index (χ1n) is 22.9. The van der Waals surface area contributed by atoms with Gasteiger partial charge in [0.05, 0.1) is 11.1 Å². The number of aryl methyl sites for hydroxylation is 2. The van der Waals surface area contributed by atoms with Crippen molar-refractivity contribution in [3.05, 3.63) is 233 Å². The number of anilines is 3. The van der Waals surface area contributed by atoms with Crippen LogP contribution in [0.25, 0.3) is 33.4 Å². The number of para-hydroxylation sites is 1. The van der Waals surface area contributed by atoms with Gasteiger partial charge in [0.1, 0.15) is 0 Å². The maximum atomic E-state index is 2.62. The van der Waals surface area contributed by atoms with Crippen molar-refractivity contribution in [3.63, 3.8) is 0 Å². The lowest BCUT2D eigenvalue weighted by Gasteiger charge is -2.44. The highest BCUT2D eigenvalue weighted by Crippen LogP contribution is 2.61. The summed E-state index contributed by atoms with van der Waals surface area (Å²) >= 11 is 0. The van der Waals surface area contributed by atoms with Gasteiger partial charge in [-0.15, -0.1) is 0 Å². The molecule has 62 heavy (non-hydrogen) atoms. The van der Waals surface area contributed by atoms with Crippen molar-refractivity contribution in [2.24, 2.45) is 0 Å². The van der Waals surface area contributed by atoms with Crippen LogP contribution in [0.15, 0.2) is 188 Å². The van der Waals surface area contributed by atoms with E-state index in [4.69, 9.17) is 0 Å². The average Bonchev–Trinajstić information content (AvgIpc) is 3.61. The quantitative estimate of drug-likeness (QED) is 0.155. The minimum Gasteiger partial charge on any atom is -0.310 e. The summed E-state index contributed by atoms with van der Waals surface area (Å²) in [5.74, 6) is 0. The lowest BCUT2D eigenvalue weighted by molar-refractivity contribution is 0.333. The van der Waals surface area contributed by atoms with Gasteiger partial charge in [0, 0.05) is 16.9 Å². The smallest absolute Gasteiger partial charge is 0.0714 e. The monoisotopic (exact) mass is 801 g/mol. The van der Waals surface area contributed by atoms with Gasteiger partial charge in [-0.05, 0) is 158 Å². The van der Waals surface area contributed by atoms with Crippen molar-refractivity contribution in [2.75, 3.05) is 4.90 Å². The Morgan fingerprint density at radius 3 is 1.69 bits per heavy atom. The van der Waals surface area contributed by atoms with Crippen LogP contribution in [0.4, 0.5) is 17.1 Å². The SMILES string of the molecule is CC1(C)CCC(C)(C)c2c1ccc(-c1ccccc1)c2-c1cc2c(cc1N(c1ccccc1)c1ccc3c(c1)CCCC3)C(c1ccccc1)(c1ccccc1)c1ccccc1-2. The largest absolute Gasteiger partial charge is 0.310 e. The molecule has 3 aliphatic rings. The molecule has 0 saturated heterocycles. The minimum absolute atomic E-state index is 0.0334. The Bertz CT molecular complexity index is 2900. The fourth-order valence-corrected chi connectivity index (χ4v) is 11.6. The Morgan fingerprint density at radius 2 is 1.00 bits per heavy atom. The van der Waals surface area contributed by atoms with E-state index in [1.165, 1.54) is 102 Å². The molecule has 0 spiro atoms. The number of benzene rings is 8. The van der Waals surface area contributed by atoms with Crippen LogP contribution in [0, 0.1) is 0 Å². The van der Waals surface area contributed by atoms with E-state index in [0.717, 1.165) is 31.4 Å². The van der Waals surface area contributed by atoms with E-state index in [1.807, 2.05) is 0 Å². The molecule has 3 aliphatic carbocycles. The summed E-state index contributed by atoms with van der Waals surface area (Å²) in [6, 6.07) is 71.6. The van der Waals surface area contributed by atoms with Crippen LogP contribution in [0.5, 0.6) is 0 Å². The molecule has 0 amide bonds. The van der Waals surface area contributed by atoms with Gasteiger partial charge < -0.3 is 4.90 Å². The first-order valence-corrected chi connectivity index (χ1v) is 22.9. The van der Waals surface area contributed by atoms with Crippen molar-refractivity contribution in [3.8, 4) is 33.4 Å². The second-order valence-corrected chi connectivity index (χ2v) is 19.3. The minimum atomic E-state index is -0.542. The number of nitrogens with zero attached hydrogens (tertiary/aromatic N) is 1. The molecule has 1 heteroatoms. The first-order chi connectivity index (χ1) is 30.3. The van der Waals surface area contributed by atoms with Crippen molar-refractivity contribution in [1.82, 2.24) is 0 Å². The summed E-state index contributed by atoms with van der Waals surface area (Å²) < 4.78 is 0. The predicted octanol–water partition coefficient (Wildman–Crippen LogP) is 16.1. The predicted molar refractivity (Wildman–Crippen MR) is 261 cm³/mol. The summed E-state index contributed by atoms with van der Waals surface area (Å²) in [6.07, 6.45) is 7.06. The highest BCUT2D eigenvalue weighted by Gasteiger charge is 2.48. The van der Waals surface area contributed by atoms with Crippen LogP contribution in [0.1, 0.15) is 97.9 Å². The zero-order valence-electron chi connectivity index (χ0n) is 36.6. The normalized spacial score (nSPS) is 16.4.